The van der Waals surface area contributed by atoms with Gasteiger partial charge in [-0.05, 0) is 37.3 Å². The fourth-order valence-corrected chi connectivity index (χ4v) is 2.55. The number of rotatable bonds is 7. The number of aliphatic carboxylic acids is 2. The van der Waals surface area contributed by atoms with Crippen molar-refractivity contribution < 1.29 is 19.8 Å². The van der Waals surface area contributed by atoms with E-state index in [4.69, 9.17) is 10.2 Å². The molecule has 0 radical (unpaired) electrons. The van der Waals surface area contributed by atoms with Gasteiger partial charge in [-0.25, -0.2) is 0 Å². The van der Waals surface area contributed by atoms with Crippen LogP contribution in [0.5, 0.6) is 0 Å². The molecule has 2 N–H and O–H groups in total. The quantitative estimate of drug-likeness (QED) is 0.753. The molecule has 4 nitrogen and oxygen atoms in total. The highest BCUT2D eigenvalue weighted by Crippen LogP contribution is 2.30. The molecule has 0 atom stereocenters. The van der Waals surface area contributed by atoms with Crippen LogP contribution in [0.4, 0.5) is 0 Å². The first-order valence-electron chi connectivity index (χ1n) is 6.14. The lowest BCUT2D eigenvalue weighted by molar-refractivity contribution is -0.165. The van der Waals surface area contributed by atoms with Crippen molar-refractivity contribution in [2.24, 2.45) is 5.41 Å². The second kappa shape index (κ2) is 6.70. The molecule has 0 unspecified atom stereocenters. The first-order valence-corrected chi connectivity index (χ1v) is 6.93. The number of carboxylic acids is 2. The summed E-state index contributed by atoms with van der Waals surface area (Å²) >= 11 is 3.42. The molecule has 1 aromatic rings. The summed E-state index contributed by atoms with van der Waals surface area (Å²) in [5.41, 5.74) is -0.607. The van der Waals surface area contributed by atoms with Gasteiger partial charge in [0.05, 0.1) is 0 Å². The number of carboxylic acid groups (broad SMARTS) is 2. The molecule has 0 aliphatic rings. The van der Waals surface area contributed by atoms with Crippen LogP contribution in [0.1, 0.15) is 31.7 Å². The maximum absolute atomic E-state index is 11.2. The minimum atomic E-state index is -1.67. The van der Waals surface area contributed by atoms with Crippen LogP contribution in [0, 0.1) is 5.41 Å². The van der Waals surface area contributed by atoms with E-state index in [1.54, 1.807) is 6.92 Å². The van der Waals surface area contributed by atoms with Gasteiger partial charge in [-0.1, -0.05) is 41.1 Å². The molecule has 0 fully saturated rings. The lowest BCUT2D eigenvalue weighted by atomic mass is 9.80. The molecular formula is C14H17BrO4. The summed E-state index contributed by atoms with van der Waals surface area (Å²) in [7, 11) is 0. The van der Waals surface area contributed by atoms with Crippen LogP contribution < -0.4 is 0 Å². The molecule has 0 aliphatic heterocycles. The van der Waals surface area contributed by atoms with Gasteiger partial charge in [-0.2, -0.15) is 0 Å². The molecule has 1 rings (SSSR count). The Morgan fingerprint density at radius 3 is 2.26 bits per heavy atom. The molecule has 1 aromatic carbocycles. The SMILES string of the molecule is CCC(CCCc1ccccc1Br)(C(=O)O)C(=O)O. The summed E-state index contributed by atoms with van der Waals surface area (Å²) < 4.78 is 0.961. The highest BCUT2D eigenvalue weighted by molar-refractivity contribution is 9.10. The normalized spacial score (nSPS) is 11.3. The Labute approximate surface area is 120 Å². The van der Waals surface area contributed by atoms with E-state index in [2.05, 4.69) is 15.9 Å². The van der Waals surface area contributed by atoms with E-state index in [0.717, 1.165) is 10.0 Å². The molecule has 0 saturated heterocycles. The number of benzene rings is 1. The summed E-state index contributed by atoms with van der Waals surface area (Å²) in [6.07, 6.45) is 1.40. The standard InChI is InChI=1S/C14H17BrO4/c1-2-14(12(16)17,13(18)19)9-5-7-10-6-3-4-8-11(10)15/h3-4,6,8H,2,5,7,9H2,1H3,(H,16,17)(H,18,19). The number of halogens is 1. The van der Waals surface area contributed by atoms with Crippen molar-refractivity contribution in [2.45, 2.75) is 32.6 Å². The molecule has 0 amide bonds. The van der Waals surface area contributed by atoms with Crippen molar-refractivity contribution >= 4 is 27.9 Å². The summed E-state index contributed by atoms with van der Waals surface area (Å²) in [6, 6.07) is 7.66. The van der Waals surface area contributed by atoms with Gasteiger partial charge >= 0.3 is 11.9 Å². The van der Waals surface area contributed by atoms with Crippen LogP contribution in [0.15, 0.2) is 28.7 Å². The van der Waals surface area contributed by atoms with Crippen molar-refractivity contribution in [1.82, 2.24) is 0 Å². The average Bonchev–Trinajstić information content (AvgIpc) is 2.36. The molecular weight excluding hydrogens is 312 g/mol. The maximum atomic E-state index is 11.2. The maximum Gasteiger partial charge on any atom is 0.321 e. The van der Waals surface area contributed by atoms with Crippen LogP contribution >= 0.6 is 15.9 Å². The Kier molecular flexibility index (Phi) is 5.54. The fourth-order valence-electron chi connectivity index (χ4n) is 2.07. The zero-order chi connectivity index (χ0) is 14.5. The smallest absolute Gasteiger partial charge is 0.321 e. The molecule has 0 heterocycles. The third-order valence-corrected chi connectivity index (χ3v) is 4.20. The Bertz CT molecular complexity index is 456. The van der Waals surface area contributed by atoms with Gasteiger partial charge in [0.15, 0.2) is 5.41 Å². The zero-order valence-electron chi connectivity index (χ0n) is 10.7. The number of hydrogen-bond donors (Lipinski definition) is 2. The molecule has 0 saturated carbocycles. The van der Waals surface area contributed by atoms with Gasteiger partial charge in [0.2, 0.25) is 0 Å². The average molecular weight is 329 g/mol. The van der Waals surface area contributed by atoms with E-state index in [1.807, 2.05) is 24.3 Å². The van der Waals surface area contributed by atoms with Gasteiger partial charge in [0, 0.05) is 4.47 Å². The second-order valence-electron chi connectivity index (χ2n) is 4.49. The Morgan fingerprint density at radius 1 is 1.21 bits per heavy atom. The highest BCUT2D eigenvalue weighted by atomic mass is 79.9. The van der Waals surface area contributed by atoms with Gasteiger partial charge in [-0.3, -0.25) is 9.59 Å². The molecule has 19 heavy (non-hydrogen) atoms. The highest BCUT2D eigenvalue weighted by Gasteiger charge is 2.44. The number of aryl methyl sites for hydroxylation is 1. The van der Waals surface area contributed by atoms with Crippen molar-refractivity contribution in [1.29, 1.82) is 0 Å². The van der Waals surface area contributed by atoms with E-state index >= 15 is 0 Å². The van der Waals surface area contributed by atoms with E-state index in [1.165, 1.54) is 0 Å². The van der Waals surface area contributed by atoms with Crippen LogP contribution in [0.25, 0.3) is 0 Å². The summed E-state index contributed by atoms with van der Waals surface area (Å²) in [6.45, 7) is 1.60. The minimum Gasteiger partial charge on any atom is -0.480 e. The first-order chi connectivity index (χ1) is 8.94. The van der Waals surface area contributed by atoms with Crippen molar-refractivity contribution in [2.75, 3.05) is 0 Å². The third kappa shape index (κ3) is 3.56. The third-order valence-electron chi connectivity index (χ3n) is 3.43. The van der Waals surface area contributed by atoms with Crippen molar-refractivity contribution in [3.63, 3.8) is 0 Å². The Balaban J connectivity index is 2.71. The van der Waals surface area contributed by atoms with Gasteiger partial charge in [0.1, 0.15) is 0 Å². The predicted octanol–water partition coefficient (Wildman–Crippen LogP) is 3.34. The molecule has 104 valence electrons. The van der Waals surface area contributed by atoms with E-state index in [-0.39, 0.29) is 12.8 Å². The minimum absolute atomic E-state index is 0.0909. The van der Waals surface area contributed by atoms with E-state index < -0.39 is 17.4 Å². The predicted molar refractivity (Wildman–Crippen MR) is 75.1 cm³/mol. The Morgan fingerprint density at radius 2 is 1.79 bits per heavy atom. The number of hydrogen-bond acceptors (Lipinski definition) is 2. The summed E-state index contributed by atoms with van der Waals surface area (Å²) in [5, 5.41) is 18.3. The van der Waals surface area contributed by atoms with Crippen molar-refractivity contribution in [3.8, 4) is 0 Å². The van der Waals surface area contributed by atoms with Gasteiger partial charge in [-0.15, -0.1) is 0 Å². The topological polar surface area (TPSA) is 74.6 Å². The summed E-state index contributed by atoms with van der Waals surface area (Å²) in [4.78, 5) is 22.4. The van der Waals surface area contributed by atoms with Crippen LogP contribution in [-0.2, 0) is 16.0 Å². The lowest BCUT2D eigenvalue weighted by Gasteiger charge is -2.23. The molecule has 0 spiro atoms. The monoisotopic (exact) mass is 328 g/mol. The molecule has 0 bridgehead atoms. The van der Waals surface area contributed by atoms with E-state index in [9.17, 15) is 9.59 Å². The number of carbonyl (C=O) groups is 2. The van der Waals surface area contributed by atoms with Crippen LogP contribution in [0.2, 0.25) is 0 Å². The molecule has 5 heteroatoms. The van der Waals surface area contributed by atoms with Gasteiger partial charge in [0.25, 0.3) is 0 Å². The second-order valence-corrected chi connectivity index (χ2v) is 5.35. The lowest BCUT2D eigenvalue weighted by Crippen LogP contribution is -2.38. The zero-order valence-corrected chi connectivity index (χ0v) is 12.3. The fraction of sp³-hybridized carbons (Fsp3) is 0.429. The van der Waals surface area contributed by atoms with Crippen molar-refractivity contribution in [3.05, 3.63) is 34.3 Å². The largest absolute Gasteiger partial charge is 0.480 e. The molecule has 0 aromatic heterocycles. The molecule has 0 aliphatic carbocycles. The van der Waals surface area contributed by atoms with Crippen LogP contribution in [-0.4, -0.2) is 22.2 Å². The van der Waals surface area contributed by atoms with Gasteiger partial charge < -0.3 is 10.2 Å². The van der Waals surface area contributed by atoms with E-state index in [0.29, 0.717) is 12.8 Å². The van der Waals surface area contributed by atoms with Crippen LogP contribution in [0.3, 0.4) is 0 Å². The summed E-state index contributed by atoms with van der Waals surface area (Å²) in [5.74, 6) is -2.51. The Hall–Kier alpha value is -1.36. The first kappa shape index (κ1) is 15.7.